The van der Waals surface area contributed by atoms with Gasteiger partial charge in [0.2, 0.25) is 0 Å². The minimum atomic E-state index is -0.126. The van der Waals surface area contributed by atoms with E-state index in [1.54, 1.807) is 6.33 Å². The van der Waals surface area contributed by atoms with Crippen molar-refractivity contribution in [2.75, 3.05) is 13.2 Å². The highest BCUT2D eigenvalue weighted by molar-refractivity contribution is 5.76. The highest BCUT2D eigenvalue weighted by atomic mass is 16.5. The van der Waals surface area contributed by atoms with Crippen LogP contribution in [0.1, 0.15) is 39.4 Å². The number of likely N-dealkylation sites (tertiary alicyclic amines) is 1. The fraction of sp³-hybridized carbons (Fsp3) is 0.786. The van der Waals surface area contributed by atoms with Crippen LogP contribution in [0.15, 0.2) is 6.33 Å². The maximum Gasteiger partial charge on any atom is 0.323 e. The first-order chi connectivity index (χ1) is 9.61. The maximum atomic E-state index is 11.9. The molecular weight excluding hydrogens is 256 g/mol. The van der Waals surface area contributed by atoms with Crippen molar-refractivity contribution < 1.29 is 9.53 Å². The number of aromatic nitrogens is 3. The van der Waals surface area contributed by atoms with E-state index in [-0.39, 0.29) is 12.0 Å². The molecule has 0 amide bonds. The van der Waals surface area contributed by atoms with Gasteiger partial charge in [0.25, 0.3) is 0 Å². The highest BCUT2D eigenvalue weighted by Gasteiger charge is 2.32. The van der Waals surface area contributed by atoms with Crippen LogP contribution >= 0.6 is 0 Å². The van der Waals surface area contributed by atoms with E-state index in [0.717, 1.165) is 31.8 Å². The summed E-state index contributed by atoms with van der Waals surface area (Å²) in [6.07, 6.45) is 3.49. The second kappa shape index (κ2) is 6.83. The van der Waals surface area contributed by atoms with Crippen molar-refractivity contribution in [1.29, 1.82) is 0 Å². The van der Waals surface area contributed by atoms with Gasteiger partial charge in [-0.05, 0) is 32.2 Å². The van der Waals surface area contributed by atoms with Crippen molar-refractivity contribution in [3.8, 4) is 0 Å². The van der Waals surface area contributed by atoms with Gasteiger partial charge in [-0.3, -0.25) is 9.69 Å². The number of rotatable bonds is 6. The standard InChI is InChI=1S/C14H24N4O2/c1-4-20-14(19)12-6-5-7-17(12)9-13-15-10-16-18(13)8-11(2)3/h10-12H,4-9H2,1-3H3. The minimum absolute atomic E-state index is 0.111. The highest BCUT2D eigenvalue weighted by Crippen LogP contribution is 2.20. The molecule has 6 nitrogen and oxygen atoms in total. The molecule has 2 heterocycles. The molecule has 112 valence electrons. The van der Waals surface area contributed by atoms with Gasteiger partial charge in [-0.15, -0.1) is 0 Å². The molecule has 1 aromatic rings. The van der Waals surface area contributed by atoms with Gasteiger partial charge in [0.05, 0.1) is 13.2 Å². The number of ether oxygens (including phenoxy) is 1. The molecule has 0 radical (unpaired) electrons. The molecule has 6 heteroatoms. The summed E-state index contributed by atoms with van der Waals surface area (Å²) in [7, 11) is 0. The summed E-state index contributed by atoms with van der Waals surface area (Å²) < 4.78 is 7.08. The van der Waals surface area contributed by atoms with Crippen LogP contribution < -0.4 is 0 Å². The van der Waals surface area contributed by atoms with Crippen molar-refractivity contribution in [3.63, 3.8) is 0 Å². The van der Waals surface area contributed by atoms with Gasteiger partial charge < -0.3 is 4.74 Å². The molecule has 20 heavy (non-hydrogen) atoms. The van der Waals surface area contributed by atoms with Crippen LogP contribution in [0.25, 0.3) is 0 Å². The van der Waals surface area contributed by atoms with Gasteiger partial charge in [0, 0.05) is 6.54 Å². The van der Waals surface area contributed by atoms with Crippen molar-refractivity contribution in [2.24, 2.45) is 5.92 Å². The van der Waals surface area contributed by atoms with E-state index in [2.05, 4.69) is 28.8 Å². The molecule has 1 fully saturated rings. The predicted octanol–water partition coefficient (Wildman–Crippen LogP) is 1.46. The second-order valence-electron chi connectivity index (χ2n) is 5.63. The Hall–Kier alpha value is -1.43. The Balaban J connectivity index is 2.01. The summed E-state index contributed by atoms with van der Waals surface area (Å²) in [5.41, 5.74) is 0. The topological polar surface area (TPSA) is 60.2 Å². The first kappa shape index (κ1) is 15.0. The Morgan fingerprint density at radius 2 is 2.35 bits per heavy atom. The molecule has 0 bridgehead atoms. The van der Waals surface area contributed by atoms with Gasteiger partial charge in [-0.2, -0.15) is 5.10 Å². The largest absolute Gasteiger partial charge is 0.465 e. The lowest BCUT2D eigenvalue weighted by Gasteiger charge is -2.22. The Bertz CT molecular complexity index is 444. The van der Waals surface area contributed by atoms with Gasteiger partial charge in [0.15, 0.2) is 0 Å². The third-order valence-electron chi connectivity index (χ3n) is 3.50. The average Bonchev–Trinajstić information content (AvgIpc) is 3.00. The summed E-state index contributed by atoms with van der Waals surface area (Å²) in [5, 5.41) is 4.27. The molecule has 1 unspecified atom stereocenters. The lowest BCUT2D eigenvalue weighted by atomic mass is 10.2. The summed E-state index contributed by atoms with van der Waals surface area (Å²) in [5.74, 6) is 1.34. The fourth-order valence-corrected chi connectivity index (χ4v) is 2.61. The average molecular weight is 280 g/mol. The summed E-state index contributed by atoms with van der Waals surface area (Å²) >= 11 is 0. The number of esters is 1. The molecule has 1 aromatic heterocycles. The Labute approximate surface area is 120 Å². The third-order valence-corrected chi connectivity index (χ3v) is 3.50. The van der Waals surface area contributed by atoms with Crippen LogP contribution in [0.2, 0.25) is 0 Å². The monoisotopic (exact) mass is 280 g/mol. The molecule has 0 aromatic carbocycles. The summed E-state index contributed by atoms with van der Waals surface area (Å²) in [4.78, 5) is 18.4. The number of hydrogen-bond acceptors (Lipinski definition) is 5. The van der Waals surface area contributed by atoms with Crippen LogP contribution in [0.4, 0.5) is 0 Å². The molecule has 1 atom stereocenters. The second-order valence-corrected chi connectivity index (χ2v) is 5.63. The predicted molar refractivity (Wildman–Crippen MR) is 74.9 cm³/mol. The smallest absolute Gasteiger partial charge is 0.323 e. The molecular formula is C14H24N4O2. The van der Waals surface area contributed by atoms with E-state index >= 15 is 0 Å². The number of carbonyl (C=O) groups is 1. The van der Waals surface area contributed by atoms with Crippen molar-refractivity contribution in [2.45, 2.75) is 52.7 Å². The van der Waals surface area contributed by atoms with E-state index in [4.69, 9.17) is 4.74 Å². The first-order valence-electron chi connectivity index (χ1n) is 7.39. The van der Waals surface area contributed by atoms with Crippen LogP contribution in [0.3, 0.4) is 0 Å². The van der Waals surface area contributed by atoms with Crippen LogP contribution in [-0.4, -0.2) is 44.8 Å². The number of nitrogens with zero attached hydrogens (tertiary/aromatic N) is 4. The van der Waals surface area contributed by atoms with E-state index in [1.165, 1.54) is 0 Å². The summed E-state index contributed by atoms with van der Waals surface area (Å²) in [6.45, 7) is 9.02. The number of hydrogen-bond donors (Lipinski definition) is 0. The number of carbonyl (C=O) groups excluding carboxylic acids is 1. The SMILES string of the molecule is CCOC(=O)C1CCCN1Cc1ncnn1CC(C)C. The van der Waals surface area contributed by atoms with E-state index in [9.17, 15) is 4.79 Å². The van der Waals surface area contributed by atoms with Crippen molar-refractivity contribution in [3.05, 3.63) is 12.2 Å². The molecule has 1 aliphatic rings. The van der Waals surface area contributed by atoms with Crippen LogP contribution in [0.5, 0.6) is 0 Å². The molecule has 1 saturated heterocycles. The summed E-state index contributed by atoms with van der Waals surface area (Å²) in [6, 6.07) is -0.126. The van der Waals surface area contributed by atoms with Gasteiger partial charge in [-0.25, -0.2) is 9.67 Å². The van der Waals surface area contributed by atoms with Gasteiger partial charge >= 0.3 is 5.97 Å². The Morgan fingerprint density at radius 3 is 3.05 bits per heavy atom. The van der Waals surface area contributed by atoms with E-state index in [1.807, 2.05) is 11.6 Å². The third kappa shape index (κ3) is 3.56. The molecule has 1 aliphatic heterocycles. The van der Waals surface area contributed by atoms with Crippen LogP contribution in [0, 0.1) is 5.92 Å². The molecule has 0 saturated carbocycles. The molecule has 0 aliphatic carbocycles. The van der Waals surface area contributed by atoms with Crippen molar-refractivity contribution in [1.82, 2.24) is 19.7 Å². The maximum absolute atomic E-state index is 11.9. The lowest BCUT2D eigenvalue weighted by molar-refractivity contribution is -0.148. The van der Waals surface area contributed by atoms with Crippen molar-refractivity contribution >= 4 is 5.97 Å². The van der Waals surface area contributed by atoms with E-state index < -0.39 is 0 Å². The quantitative estimate of drug-likeness (QED) is 0.738. The Kier molecular flexibility index (Phi) is 5.11. The minimum Gasteiger partial charge on any atom is -0.465 e. The zero-order valence-electron chi connectivity index (χ0n) is 12.6. The first-order valence-corrected chi connectivity index (χ1v) is 7.39. The van der Waals surface area contributed by atoms with Crippen LogP contribution in [-0.2, 0) is 22.6 Å². The molecule has 0 spiro atoms. The normalized spacial score (nSPS) is 19.7. The lowest BCUT2D eigenvalue weighted by Crippen LogP contribution is -2.37. The molecule has 2 rings (SSSR count). The molecule has 0 N–H and O–H groups in total. The van der Waals surface area contributed by atoms with E-state index in [0.29, 0.717) is 19.1 Å². The zero-order valence-corrected chi connectivity index (χ0v) is 12.6. The zero-order chi connectivity index (χ0) is 14.5. The van der Waals surface area contributed by atoms with Gasteiger partial charge in [-0.1, -0.05) is 13.8 Å². The fourth-order valence-electron chi connectivity index (χ4n) is 2.61. The van der Waals surface area contributed by atoms with Gasteiger partial charge in [0.1, 0.15) is 18.2 Å². The Morgan fingerprint density at radius 1 is 1.55 bits per heavy atom.